The lowest BCUT2D eigenvalue weighted by molar-refractivity contribution is 0.0972. The molecule has 1 atom stereocenters. The fourth-order valence-corrected chi connectivity index (χ4v) is 2.67. The predicted octanol–water partition coefficient (Wildman–Crippen LogP) is 0.983. The van der Waals surface area contributed by atoms with E-state index in [2.05, 4.69) is 20.2 Å². The van der Waals surface area contributed by atoms with Gasteiger partial charge in [0.15, 0.2) is 0 Å². The molecular weight excluding hydrogens is 188 g/mol. The highest BCUT2D eigenvalue weighted by atomic mass is 15.2. The molecule has 3 aliphatic heterocycles. The Morgan fingerprint density at radius 1 is 1.20 bits per heavy atom. The van der Waals surface area contributed by atoms with E-state index in [4.69, 9.17) is 0 Å². The molecule has 0 saturated carbocycles. The van der Waals surface area contributed by atoms with Crippen molar-refractivity contribution < 1.29 is 0 Å². The molecule has 1 aromatic heterocycles. The maximum absolute atomic E-state index is 4.22. The molecule has 80 valence electrons. The molecule has 3 saturated heterocycles. The van der Waals surface area contributed by atoms with Crippen molar-refractivity contribution in [3.05, 3.63) is 18.5 Å². The molecule has 0 amide bonds. The van der Waals surface area contributed by atoms with Crippen LogP contribution in [0.15, 0.2) is 18.5 Å². The first-order valence-corrected chi connectivity index (χ1v) is 5.68. The standard InChI is InChI=1S/C11H16N4/c1-4-12-11(13-5-1)14-10-8-15-6-2-9(10)3-7-15/h1,4-5,9-10H,2-3,6-8H2,(H,12,13,14). The second-order valence-electron chi connectivity index (χ2n) is 4.46. The number of piperidine rings is 3. The summed E-state index contributed by atoms with van der Waals surface area (Å²) in [4.78, 5) is 11.0. The summed E-state index contributed by atoms with van der Waals surface area (Å²) < 4.78 is 0. The number of nitrogens with zero attached hydrogens (tertiary/aromatic N) is 3. The minimum absolute atomic E-state index is 0.551. The van der Waals surface area contributed by atoms with Crippen LogP contribution in [-0.2, 0) is 0 Å². The molecule has 0 aromatic carbocycles. The van der Waals surface area contributed by atoms with Crippen molar-refractivity contribution in [3.63, 3.8) is 0 Å². The smallest absolute Gasteiger partial charge is 0.222 e. The molecule has 3 aliphatic rings. The van der Waals surface area contributed by atoms with Crippen molar-refractivity contribution in [2.75, 3.05) is 25.0 Å². The highest BCUT2D eigenvalue weighted by Crippen LogP contribution is 2.28. The minimum atomic E-state index is 0.551. The summed E-state index contributed by atoms with van der Waals surface area (Å²) in [5.41, 5.74) is 0. The summed E-state index contributed by atoms with van der Waals surface area (Å²) in [7, 11) is 0. The lowest BCUT2D eigenvalue weighted by atomic mass is 9.84. The summed E-state index contributed by atoms with van der Waals surface area (Å²) in [6, 6.07) is 2.40. The van der Waals surface area contributed by atoms with Gasteiger partial charge in [-0.1, -0.05) is 0 Å². The Hall–Kier alpha value is -1.16. The second kappa shape index (κ2) is 3.77. The predicted molar refractivity (Wildman–Crippen MR) is 58.6 cm³/mol. The van der Waals surface area contributed by atoms with E-state index in [-0.39, 0.29) is 0 Å². The summed E-state index contributed by atoms with van der Waals surface area (Å²) in [5.74, 6) is 1.59. The molecule has 0 spiro atoms. The SMILES string of the molecule is c1cnc(NC2CN3CCC2CC3)nc1. The van der Waals surface area contributed by atoms with Gasteiger partial charge in [-0.3, -0.25) is 0 Å². The Morgan fingerprint density at radius 2 is 1.93 bits per heavy atom. The summed E-state index contributed by atoms with van der Waals surface area (Å²) in [6.45, 7) is 3.71. The first kappa shape index (κ1) is 9.09. The van der Waals surface area contributed by atoms with Crippen LogP contribution in [0.1, 0.15) is 12.8 Å². The van der Waals surface area contributed by atoms with Crippen LogP contribution in [0.25, 0.3) is 0 Å². The maximum atomic E-state index is 4.22. The molecule has 0 radical (unpaired) electrons. The average molecular weight is 204 g/mol. The van der Waals surface area contributed by atoms with Crippen LogP contribution in [0.2, 0.25) is 0 Å². The number of hydrogen-bond donors (Lipinski definition) is 1. The topological polar surface area (TPSA) is 41.1 Å². The summed E-state index contributed by atoms with van der Waals surface area (Å²) >= 11 is 0. The van der Waals surface area contributed by atoms with Crippen molar-refractivity contribution in [2.45, 2.75) is 18.9 Å². The molecule has 4 heterocycles. The molecule has 1 unspecified atom stereocenters. The van der Waals surface area contributed by atoms with Crippen LogP contribution in [0.5, 0.6) is 0 Å². The zero-order chi connectivity index (χ0) is 10.1. The van der Waals surface area contributed by atoms with E-state index in [9.17, 15) is 0 Å². The van der Waals surface area contributed by atoms with Crippen molar-refractivity contribution in [3.8, 4) is 0 Å². The molecule has 15 heavy (non-hydrogen) atoms. The number of anilines is 1. The number of rotatable bonds is 2. The first-order valence-electron chi connectivity index (χ1n) is 5.68. The minimum Gasteiger partial charge on any atom is -0.350 e. The normalized spacial score (nSPS) is 34.0. The van der Waals surface area contributed by atoms with Gasteiger partial charge in [-0.2, -0.15) is 0 Å². The number of hydrogen-bond acceptors (Lipinski definition) is 4. The highest BCUT2D eigenvalue weighted by molar-refractivity contribution is 5.25. The fraction of sp³-hybridized carbons (Fsp3) is 0.636. The third-order valence-electron chi connectivity index (χ3n) is 3.54. The largest absolute Gasteiger partial charge is 0.350 e. The first-order chi connectivity index (χ1) is 7.42. The number of fused-ring (bicyclic) bond motifs is 3. The quantitative estimate of drug-likeness (QED) is 0.779. The molecule has 4 nitrogen and oxygen atoms in total. The van der Waals surface area contributed by atoms with E-state index in [0.717, 1.165) is 18.4 Å². The molecule has 2 bridgehead atoms. The van der Waals surface area contributed by atoms with E-state index >= 15 is 0 Å². The van der Waals surface area contributed by atoms with Crippen LogP contribution in [0.3, 0.4) is 0 Å². The van der Waals surface area contributed by atoms with E-state index in [0.29, 0.717) is 6.04 Å². The van der Waals surface area contributed by atoms with Gasteiger partial charge < -0.3 is 10.2 Å². The monoisotopic (exact) mass is 204 g/mol. The zero-order valence-corrected chi connectivity index (χ0v) is 8.76. The van der Waals surface area contributed by atoms with E-state index in [1.807, 2.05) is 6.07 Å². The van der Waals surface area contributed by atoms with Gasteiger partial charge in [0.1, 0.15) is 0 Å². The second-order valence-corrected chi connectivity index (χ2v) is 4.46. The van der Waals surface area contributed by atoms with E-state index < -0.39 is 0 Å². The molecule has 4 rings (SSSR count). The van der Waals surface area contributed by atoms with E-state index in [1.54, 1.807) is 12.4 Å². The van der Waals surface area contributed by atoms with Crippen molar-refractivity contribution in [2.24, 2.45) is 5.92 Å². The van der Waals surface area contributed by atoms with Gasteiger partial charge in [0.25, 0.3) is 0 Å². The Morgan fingerprint density at radius 3 is 2.53 bits per heavy atom. The van der Waals surface area contributed by atoms with Gasteiger partial charge in [0.2, 0.25) is 5.95 Å². The molecule has 1 N–H and O–H groups in total. The summed E-state index contributed by atoms with van der Waals surface area (Å²) in [6.07, 6.45) is 6.22. The van der Waals surface area contributed by atoms with Crippen LogP contribution in [0.4, 0.5) is 5.95 Å². The van der Waals surface area contributed by atoms with E-state index in [1.165, 1.54) is 25.9 Å². The van der Waals surface area contributed by atoms with Gasteiger partial charge >= 0.3 is 0 Å². The maximum Gasteiger partial charge on any atom is 0.222 e. The lowest BCUT2D eigenvalue weighted by Gasteiger charge is -2.44. The van der Waals surface area contributed by atoms with Gasteiger partial charge in [-0.15, -0.1) is 0 Å². The van der Waals surface area contributed by atoms with Crippen molar-refractivity contribution in [1.29, 1.82) is 0 Å². The number of nitrogens with one attached hydrogen (secondary N) is 1. The van der Waals surface area contributed by atoms with Crippen molar-refractivity contribution in [1.82, 2.24) is 14.9 Å². The lowest BCUT2D eigenvalue weighted by Crippen LogP contribution is -2.53. The Labute approximate surface area is 89.7 Å². The Balaban J connectivity index is 1.69. The molecule has 3 fully saturated rings. The molecule has 0 aliphatic carbocycles. The van der Waals surface area contributed by atoms with Gasteiger partial charge in [0.05, 0.1) is 0 Å². The van der Waals surface area contributed by atoms with Crippen LogP contribution in [0, 0.1) is 5.92 Å². The molecule has 1 aromatic rings. The Kier molecular flexibility index (Phi) is 2.29. The zero-order valence-electron chi connectivity index (χ0n) is 8.76. The molecule has 4 heteroatoms. The van der Waals surface area contributed by atoms with Gasteiger partial charge in [-0.25, -0.2) is 9.97 Å². The highest BCUT2D eigenvalue weighted by Gasteiger charge is 2.34. The van der Waals surface area contributed by atoms with Crippen LogP contribution < -0.4 is 5.32 Å². The average Bonchev–Trinajstić information content (AvgIpc) is 2.32. The van der Waals surface area contributed by atoms with Crippen LogP contribution in [-0.4, -0.2) is 40.5 Å². The number of aromatic nitrogens is 2. The van der Waals surface area contributed by atoms with Crippen molar-refractivity contribution >= 4 is 5.95 Å². The molecular formula is C11H16N4. The summed E-state index contributed by atoms with van der Waals surface area (Å²) in [5, 5.41) is 3.45. The third kappa shape index (κ3) is 1.81. The fourth-order valence-electron chi connectivity index (χ4n) is 2.67. The third-order valence-corrected chi connectivity index (χ3v) is 3.54. The van der Waals surface area contributed by atoms with Crippen LogP contribution >= 0.6 is 0 Å². The Bertz CT molecular complexity index is 319. The van der Waals surface area contributed by atoms with Gasteiger partial charge in [0, 0.05) is 25.0 Å². The van der Waals surface area contributed by atoms with Gasteiger partial charge in [-0.05, 0) is 37.9 Å².